The molecule has 0 aromatic rings. The first-order valence-electron chi connectivity index (χ1n) is 4.29. The molecule has 5 heteroatoms. The maximum Gasteiger partial charge on any atom is 0.269 e. The molecule has 0 radical (unpaired) electrons. The fourth-order valence-electron chi connectivity index (χ4n) is 1.15. The van der Waals surface area contributed by atoms with E-state index in [0.717, 1.165) is 13.8 Å². The highest BCUT2D eigenvalue weighted by Gasteiger charge is 2.64. The van der Waals surface area contributed by atoms with Crippen LogP contribution in [-0.2, 0) is 0 Å². The van der Waals surface area contributed by atoms with Crippen molar-refractivity contribution in [2.75, 3.05) is 0 Å². The van der Waals surface area contributed by atoms with E-state index in [2.05, 4.69) is 0 Å². The van der Waals surface area contributed by atoms with Gasteiger partial charge < -0.3 is 0 Å². The van der Waals surface area contributed by atoms with Crippen molar-refractivity contribution in [3.63, 3.8) is 0 Å². The van der Waals surface area contributed by atoms with Crippen molar-refractivity contribution in [2.45, 2.75) is 46.2 Å². The van der Waals surface area contributed by atoms with Crippen LogP contribution in [0.1, 0.15) is 34.6 Å². The lowest BCUT2D eigenvalue weighted by Crippen LogP contribution is -2.53. The van der Waals surface area contributed by atoms with Crippen molar-refractivity contribution < 1.29 is 17.6 Å². The summed E-state index contributed by atoms with van der Waals surface area (Å²) in [5, 5.41) is 0. The molecule has 0 spiro atoms. The second-order valence-corrected chi connectivity index (χ2v) is 5.80. The molecule has 0 bridgehead atoms. The molecule has 0 aliphatic carbocycles. The SMILES string of the molecule is CC(C)(C)C(F)(F)C(C)(C)C(F)(F)P. The zero-order chi connectivity index (χ0) is 12.0. The molecule has 0 N–H and O–H groups in total. The quantitative estimate of drug-likeness (QED) is 0.495. The topological polar surface area (TPSA) is 0 Å². The molecule has 1 unspecified atom stereocenters. The van der Waals surface area contributed by atoms with Crippen LogP contribution in [0.2, 0.25) is 0 Å². The molecule has 0 saturated carbocycles. The summed E-state index contributed by atoms with van der Waals surface area (Å²) in [7, 11) is 1.19. The maximum atomic E-state index is 13.7. The Bertz CT molecular complexity index is 186. The van der Waals surface area contributed by atoms with Gasteiger partial charge in [0.25, 0.3) is 11.6 Å². The fraction of sp³-hybridized carbons (Fsp3) is 1.00. The lowest BCUT2D eigenvalue weighted by Gasteiger charge is -2.45. The van der Waals surface area contributed by atoms with Gasteiger partial charge in [0.2, 0.25) is 0 Å². The van der Waals surface area contributed by atoms with E-state index < -0.39 is 22.4 Å². The van der Waals surface area contributed by atoms with Crippen molar-refractivity contribution >= 4 is 9.24 Å². The van der Waals surface area contributed by atoms with Gasteiger partial charge in [-0.2, -0.15) is 0 Å². The molecule has 0 heterocycles. The predicted molar refractivity (Wildman–Crippen MR) is 52.8 cm³/mol. The van der Waals surface area contributed by atoms with Gasteiger partial charge >= 0.3 is 0 Å². The number of halogens is 4. The molecule has 0 rings (SSSR count). The summed E-state index contributed by atoms with van der Waals surface area (Å²) in [5.41, 5.74) is -7.37. The lowest BCUT2D eigenvalue weighted by atomic mass is 9.72. The van der Waals surface area contributed by atoms with Crippen LogP contribution in [0.5, 0.6) is 0 Å². The molecule has 0 nitrogen and oxygen atoms in total. The predicted octanol–water partition coefficient (Wildman–Crippen LogP) is 4.16. The van der Waals surface area contributed by atoms with Gasteiger partial charge in [-0.1, -0.05) is 30.0 Å². The van der Waals surface area contributed by atoms with Gasteiger partial charge in [-0.15, -0.1) is 0 Å². The molecule has 14 heavy (non-hydrogen) atoms. The molecule has 0 fully saturated rings. The number of hydrogen-bond acceptors (Lipinski definition) is 0. The van der Waals surface area contributed by atoms with Gasteiger partial charge in [-0.3, -0.25) is 0 Å². The third kappa shape index (κ3) is 2.05. The van der Waals surface area contributed by atoms with Crippen LogP contribution in [-0.4, -0.2) is 11.6 Å². The lowest BCUT2D eigenvalue weighted by molar-refractivity contribution is -0.233. The number of alkyl halides is 4. The minimum atomic E-state index is -3.50. The molecule has 86 valence electrons. The van der Waals surface area contributed by atoms with Crippen LogP contribution in [0.4, 0.5) is 17.6 Å². The van der Waals surface area contributed by atoms with E-state index in [0.29, 0.717) is 0 Å². The summed E-state index contributed by atoms with van der Waals surface area (Å²) in [4.78, 5) is 0. The smallest absolute Gasteiger partial charge is 0.205 e. The Morgan fingerprint density at radius 2 is 1.07 bits per heavy atom. The first kappa shape index (κ1) is 14.2. The Labute approximate surface area is 84.7 Å². The minimum absolute atomic E-state index is 0.880. The summed E-state index contributed by atoms with van der Waals surface area (Å²) in [6.45, 7) is 5.53. The zero-order valence-corrected chi connectivity index (χ0v) is 10.2. The number of rotatable bonds is 2. The van der Waals surface area contributed by atoms with Crippen LogP contribution >= 0.6 is 9.24 Å². The summed E-state index contributed by atoms with van der Waals surface area (Å²) in [6, 6.07) is 0. The third-order valence-electron chi connectivity index (χ3n) is 2.56. The normalized spacial score (nSPS) is 15.9. The van der Waals surface area contributed by atoms with Crippen LogP contribution < -0.4 is 0 Å². The maximum absolute atomic E-state index is 13.7. The fourth-order valence-corrected chi connectivity index (χ4v) is 1.33. The minimum Gasteiger partial charge on any atom is -0.205 e. The van der Waals surface area contributed by atoms with Crippen LogP contribution in [0.15, 0.2) is 0 Å². The van der Waals surface area contributed by atoms with E-state index in [-0.39, 0.29) is 0 Å². The zero-order valence-electron chi connectivity index (χ0n) is 9.09. The van der Waals surface area contributed by atoms with Gasteiger partial charge in [0, 0.05) is 5.41 Å². The van der Waals surface area contributed by atoms with E-state index in [9.17, 15) is 17.6 Å². The van der Waals surface area contributed by atoms with Gasteiger partial charge in [0.1, 0.15) is 0 Å². The first-order valence-corrected chi connectivity index (χ1v) is 4.87. The molecule has 0 amide bonds. The Hall–Kier alpha value is 0.150. The summed E-state index contributed by atoms with van der Waals surface area (Å²) >= 11 is 0. The second kappa shape index (κ2) is 3.33. The van der Waals surface area contributed by atoms with E-state index in [4.69, 9.17) is 0 Å². The third-order valence-corrected chi connectivity index (χ3v) is 3.28. The first-order chi connectivity index (χ1) is 5.75. The van der Waals surface area contributed by atoms with E-state index in [1.807, 2.05) is 0 Å². The van der Waals surface area contributed by atoms with Crippen molar-refractivity contribution in [1.82, 2.24) is 0 Å². The average molecular weight is 232 g/mol. The van der Waals surface area contributed by atoms with Gasteiger partial charge in [0.15, 0.2) is 0 Å². The van der Waals surface area contributed by atoms with Gasteiger partial charge in [-0.25, -0.2) is 17.6 Å². The summed E-state index contributed by atoms with van der Waals surface area (Å²) in [5.74, 6) is -3.45. The molecule has 0 aromatic carbocycles. The Balaban J connectivity index is 5.30. The molecule has 1 atom stereocenters. The van der Waals surface area contributed by atoms with Gasteiger partial charge in [0.05, 0.1) is 5.41 Å². The Kier molecular flexibility index (Phi) is 3.36. The highest BCUT2D eigenvalue weighted by Crippen LogP contribution is 2.57. The highest BCUT2D eigenvalue weighted by atomic mass is 31.0. The molecule has 0 aromatic heterocycles. The molecular weight excluding hydrogens is 215 g/mol. The monoisotopic (exact) mass is 232 g/mol. The van der Waals surface area contributed by atoms with Crippen molar-refractivity contribution in [3.8, 4) is 0 Å². The largest absolute Gasteiger partial charge is 0.269 e. The summed E-state index contributed by atoms with van der Waals surface area (Å²) in [6.07, 6.45) is 0. The van der Waals surface area contributed by atoms with Crippen molar-refractivity contribution in [3.05, 3.63) is 0 Å². The number of hydrogen-bond donors (Lipinski definition) is 0. The van der Waals surface area contributed by atoms with Crippen LogP contribution in [0.25, 0.3) is 0 Å². The summed E-state index contributed by atoms with van der Waals surface area (Å²) < 4.78 is 53.4. The Morgan fingerprint density at radius 3 is 1.14 bits per heavy atom. The van der Waals surface area contributed by atoms with Gasteiger partial charge in [-0.05, 0) is 13.8 Å². The molecule has 0 aliphatic rings. The van der Waals surface area contributed by atoms with E-state index >= 15 is 0 Å². The van der Waals surface area contributed by atoms with Crippen LogP contribution in [0.3, 0.4) is 0 Å². The highest BCUT2D eigenvalue weighted by molar-refractivity contribution is 7.18. The average Bonchev–Trinajstić information content (AvgIpc) is 1.81. The van der Waals surface area contributed by atoms with Crippen molar-refractivity contribution in [1.29, 1.82) is 0 Å². The Morgan fingerprint density at radius 1 is 0.786 bits per heavy atom. The van der Waals surface area contributed by atoms with Crippen LogP contribution in [0, 0.1) is 10.8 Å². The van der Waals surface area contributed by atoms with E-state index in [1.54, 1.807) is 0 Å². The second-order valence-electron chi connectivity index (χ2n) is 5.07. The standard InChI is InChI=1S/C9H17F4P/c1-6(2,3)8(10,11)7(4,5)9(12,13)14/h14H2,1-5H3. The molecular formula is C9H17F4P. The van der Waals surface area contributed by atoms with Crippen molar-refractivity contribution in [2.24, 2.45) is 10.8 Å². The molecule has 0 aliphatic heterocycles. The molecule has 0 saturated heterocycles. The van der Waals surface area contributed by atoms with E-state index in [1.165, 1.54) is 30.0 Å².